The highest BCUT2D eigenvalue weighted by molar-refractivity contribution is 5.32. The molecule has 0 spiro atoms. The number of aromatic nitrogens is 1. The fourth-order valence-corrected chi connectivity index (χ4v) is 1.62. The molecule has 2 N–H and O–H groups in total. The fourth-order valence-electron chi connectivity index (χ4n) is 1.62. The zero-order chi connectivity index (χ0) is 9.26. The van der Waals surface area contributed by atoms with E-state index in [1.54, 1.807) is 16.8 Å². The van der Waals surface area contributed by atoms with Crippen molar-refractivity contribution in [3.63, 3.8) is 0 Å². The second-order valence-corrected chi connectivity index (χ2v) is 3.73. The zero-order valence-electron chi connectivity index (χ0n) is 7.54. The number of pyridine rings is 1. The summed E-state index contributed by atoms with van der Waals surface area (Å²) in [4.78, 5) is 0. The van der Waals surface area contributed by atoms with Gasteiger partial charge in [0.1, 0.15) is 0 Å². The summed E-state index contributed by atoms with van der Waals surface area (Å²) in [6.07, 6.45) is 5.48. The van der Waals surface area contributed by atoms with E-state index in [1.807, 2.05) is 0 Å². The maximum atomic E-state index is 13.3. The van der Waals surface area contributed by atoms with Crippen molar-refractivity contribution in [1.29, 1.82) is 0 Å². The summed E-state index contributed by atoms with van der Waals surface area (Å²) in [7, 11) is 0. The lowest BCUT2D eigenvalue weighted by Crippen LogP contribution is -2.42. The van der Waals surface area contributed by atoms with Crippen molar-refractivity contribution in [3.8, 4) is 0 Å². The molecule has 3 heteroatoms. The van der Waals surface area contributed by atoms with Gasteiger partial charge in [0.25, 0.3) is 0 Å². The Labute approximate surface area is 77.2 Å². The van der Waals surface area contributed by atoms with Gasteiger partial charge in [0.15, 0.2) is 12.7 Å². The van der Waals surface area contributed by atoms with Crippen LogP contribution in [0.1, 0.15) is 19.3 Å². The van der Waals surface area contributed by atoms with Crippen molar-refractivity contribution in [2.45, 2.75) is 25.8 Å². The van der Waals surface area contributed by atoms with Crippen LogP contribution in [0.5, 0.6) is 0 Å². The molecule has 13 heavy (non-hydrogen) atoms. The maximum Gasteiger partial charge on any atom is 0.361 e. The molecular weight excluding hydrogens is 167 g/mol. The van der Waals surface area contributed by atoms with Crippen LogP contribution in [-0.2, 0) is 6.54 Å². The van der Waals surface area contributed by atoms with Crippen LogP contribution >= 0.6 is 0 Å². The molecule has 1 aliphatic rings. The van der Waals surface area contributed by atoms with Crippen LogP contribution in [0.3, 0.4) is 0 Å². The van der Waals surface area contributed by atoms with Crippen LogP contribution in [0, 0.1) is 11.9 Å². The highest BCUT2D eigenvalue weighted by Gasteiger charge is 2.23. The van der Waals surface area contributed by atoms with Crippen LogP contribution in [-0.4, -0.2) is 0 Å². The van der Waals surface area contributed by atoms with Gasteiger partial charge in [-0.15, -0.1) is 4.39 Å². The molecule has 0 atom stereocenters. The molecule has 2 rings (SSSR count). The average Bonchev–Trinajstić information content (AvgIpc) is 1.99. The van der Waals surface area contributed by atoms with Gasteiger partial charge < -0.3 is 5.73 Å². The quantitative estimate of drug-likeness (QED) is 0.543. The van der Waals surface area contributed by atoms with E-state index in [-0.39, 0.29) is 5.95 Å². The molecule has 2 nitrogen and oxygen atoms in total. The third kappa shape index (κ3) is 1.79. The highest BCUT2D eigenvalue weighted by Crippen LogP contribution is 2.26. The molecule has 1 aromatic heterocycles. The van der Waals surface area contributed by atoms with E-state index in [9.17, 15) is 4.39 Å². The topological polar surface area (TPSA) is 29.9 Å². The second kappa shape index (κ2) is 3.32. The summed E-state index contributed by atoms with van der Waals surface area (Å²) in [6, 6.07) is 3.11. The number of anilines is 1. The SMILES string of the molecule is Nc1cc[n+](CC2CCC2)c(F)c1. The third-order valence-corrected chi connectivity index (χ3v) is 2.69. The number of halogens is 1. The predicted molar refractivity (Wildman–Crippen MR) is 48.3 cm³/mol. The minimum absolute atomic E-state index is 0.230. The fraction of sp³-hybridized carbons (Fsp3) is 0.500. The third-order valence-electron chi connectivity index (χ3n) is 2.69. The van der Waals surface area contributed by atoms with Gasteiger partial charge in [0, 0.05) is 17.7 Å². The van der Waals surface area contributed by atoms with E-state index >= 15 is 0 Å². The second-order valence-electron chi connectivity index (χ2n) is 3.73. The number of nitrogens with zero attached hydrogens (tertiary/aromatic N) is 1. The molecular formula is C10H14FN2+. The minimum Gasteiger partial charge on any atom is -0.398 e. The number of nitrogens with two attached hydrogens (primary N) is 1. The van der Waals surface area contributed by atoms with Crippen LogP contribution in [0.15, 0.2) is 18.3 Å². The number of hydrogen-bond acceptors (Lipinski definition) is 1. The van der Waals surface area contributed by atoms with Crippen molar-refractivity contribution >= 4 is 5.69 Å². The minimum atomic E-state index is -0.230. The van der Waals surface area contributed by atoms with Crippen LogP contribution in [0.25, 0.3) is 0 Å². The van der Waals surface area contributed by atoms with E-state index in [4.69, 9.17) is 5.73 Å². The molecule has 70 valence electrons. The number of hydrogen-bond donors (Lipinski definition) is 1. The van der Waals surface area contributed by atoms with Gasteiger partial charge >= 0.3 is 5.95 Å². The molecule has 1 fully saturated rings. The molecule has 0 aromatic carbocycles. The Morgan fingerprint density at radius 2 is 2.31 bits per heavy atom. The van der Waals surface area contributed by atoms with Gasteiger partial charge in [0.05, 0.1) is 6.07 Å². The molecule has 0 bridgehead atoms. The predicted octanol–water partition coefficient (Wildman–Crippen LogP) is 1.50. The van der Waals surface area contributed by atoms with E-state index in [0.29, 0.717) is 11.6 Å². The van der Waals surface area contributed by atoms with Crippen molar-refractivity contribution in [1.82, 2.24) is 0 Å². The number of nitrogen functional groups attached to an aromatic ring is 1. The Morgan fingerprint density at radius 3 is 2.85 bits per heavy atom. The zero-order valence-corrected chi connectivity index (χ0v) is 7.54. The molecule has 0 saturated heterocycles. The summed E-state index contributed by atoms with van der Waals surface area (Å²) in [5.41, 5.74) is 5.94. The Bertz CT molecular complexity index is 308. The lowest BCUT2D eigenvalue weighted by molar-refractivity contribution is -0.731. The van der Waals surface area contributed by atoms with Gasteiger partial charge in [-0.3, -0.25) is 0 Å². The largest absolute Gasteiger partial charge is 0.398 e. The normalized spacial score (nSPS) is 17.0. The van der Waals surface area contributed by atoms with E-state index < -0.39 is 0 Å². The van der Waals surface area contributed by atoms with Crippen molar-refractivity contribution in [2.24, 2.45) is 5.92 Å². The van der Waals surface area contributed by atoms with Crippen LogP contribution < -0.4 is 10.3 Å². The maximum absolute atomic E-state index is 13.3. The Morgan fingerprint density at radius 1 is 1.54 bits per heavy atom. The standard InChI is InChI=1S/C10H13FN2/c11-10-6-9(12)4-5-13(10)7-8-2-1-3-8/h4-6,8,12H,1-3,7H2/p+1. The summed E-state index contributed by atoms with van der Waals surface area (Å²) < 4.78 is 14.9. The molecule has 0 aliphatic heterocycles. The van der Waals surface area contributed by atoms with Gasteiger partial charge in [-0.05, 0) is 12.8 Å². The first kappa shape index (κ1) is 8.48. The molecule has 1 aromatic rings. The first-order chi connectivity index (χ1) is 6.25. The van der Waals surface area contributed by atoms with E-state index in [1.165, 1.54) is 25.3 Å². The van der Waals surface area contributed by atoms with Crippen molar-refractivity contribution in [2.75, 3.05) is 5.73 Å². The van der Waals surface area contributed by atoms with Crippen LogP contribution in [0.2, 0.25) is 0 Å². The molecule has 0 unspecified atom stereocenters. The van der Waals surface area contributed by atoms with Gasteiger partial charge in [-0.1, -0.05) is 6.42 Å². The molecule has 0 radical (unpaired) electrons. The first-order valence-electron chi connectivity index (χ1n) is 4.70. The van der Waals surface area contributed by atoms with Crippen molar-refractivity contribution < 1.29 is 8.96 Å². The molecule has 1 aliphatic carbocycles. The summed E-state index contributed by atoms with van der Waals surface area (Å²) in [5.74, 6) is 0.440. The smallest absolute Gasteiger partial charge is 0.361 e. The van der Waals surface area contributed by atoms with E-state index in [2.05, 4.69) is 0 Å². The first-order valence-corrected chi connectivity index (χ1v) is 4.70. The highest BCUT2D eigenvalue weighted by atomic mass is 19.1. The Balaban J connectivity index is 2.10. The monoisotopic (exact) mass is 181 g/mol. The van der Waals surface area contributed by atoms with Gasteiger partial charge in [-0.25, -0.2) is 0 Å². The average molecular weight is 181 g/mol. The Hall–Kier alpha value is -1.12. The van der Waals surface area contributed by atoms with Crippen molar-refractivity contribution in [3.05, 3.63) is 24.3 Å². The summed E-state index contributed by atoms with van der Waals surface area (Å²) in [6.45, 7) is 0.798. The summed E-state index contributed by atoms with van der Waals surface area (Å²) in [5, 5.41) is 0. The molecule has 0 amide bonds. The van der Waals surface area contributed by atoms with Gasteiger partial charge in [0.2, 0.25) is 0 Å². The Kier molecular flexibility index (Phi) is 2.17. The molecule has 1 saturated carbocycles. The molecule has 1 heterocycles. The lowest BCUT2D eigenvalue weighted by Gasteiger charge is -2.21. The van der Waals surface area contributed by atoms with Gasteiger partial charge in [-0.2, -0.15) is 4.57 Å². The summed E-state index contributed by atoms with van der Waals surface area (Å²) >= 11 is 0. The van der Waals surface area contributed by atoms with Crippen LogP contribution in [0.4, 0.5) is 10.1 Å². The lowest BCUT2D eigenvalue weighted by atomic mass is 9.85. The van der Waals surface area contributed by atoms with E-state index in [0.717, 1.165) is 6.54 Å². The number of rotatable bonds is 2.